The average molecular weight is 509 g/mol. The summed E-state index contributed by atoms with van der Waals surface area (Å²) in [6, 6.07) is 17.6. The van der Waals surface area contributed by atoms with Crippen molar-refractivity contribution in [2.75, 3.05) is 4.72 Å². The maximum atomic E-state index is 12.7. The molecule has 10 heteroatoms. The molecule has 0 aliphatic rings. The molecule has 9 nitrogen and oxygen atoms in total. The van der Waals surface area contributed by atoms with Crippen LogP contribution in [-0.2, 0) is 38.2 Å². The number of nitrogens with one attached hydrogen (secondary N) is 3. The number of aldehydes is 1. The number of nitrogen functional groups attached to an aromatic ring is 1. The van der Waals surface area contributed by atoms with Crippen molar-refractivity contribution >= 4 is 33.7 Å². The van der Waals surface area contributed by atoms with Crippen molar-refractivity contribution < 1.29 is 23.1 Å². The summed E-state index contributed by atoms with van der Waals surface area (Å²) in [6.45, 7) is 1.69. The number of carbonyl (C=O) groups is 2. The van der Waals surface area contributed by atoms with E-state index in [9.17, 15) is 23.1 Å². The SMILES string of the molecule is Cc1ccc(NS(=O)(=O)Cc2ccccc2)c(O)c1CC(=O)NC(C=O)Cc1cccc(C(=N)N)c1. The summed E-state index contributed by atoms with van der Waals surface area (Å²) in [6.07, 6.45) is 0.545. The number of carbonyl (C=O) groups excluding carboxylic acids is 2. The van der Waals surface area contributed by atoms with Gasteiger partial charge in [0, 0.05) is 11.1 Å². The van der Waals surface area contributed by atoms with Crippen molar-refractivity contribution in [1.82, 2.24) is 5.32 Å². The van der Waals surface area contributed by atoms with Crippen LogP contribution in [0.1, 0.15) is 27.8 Å². The number of hydrogen-bond donors (Lipinski definition) is 5. The summed E-state index contributed by atoms with van der Waals surface area (Å²) < 4.78 is 27.6. The first kappa shape index (κ1) is 26.4. The van der Waals surface area contributed by atoms with Crippen LogP contribution >= 0.6 is 0 Å². The van der Waals surface area contributed by atoms with E-state index >= 15 is 0 Å². The summed E-state index contributed by atoms with van der Waals surface area (Å²) in [4.78, 5) is 24.3. The molecule has 0 saturated carbocycles. The van der Waals surface area contributed by atoms with E-state index in [4.69, 9.17) is 11.1 Å². The molecule has 1 amide bonds. The van der Waals surface area contributed by atoms with Crippen LogP contribution < -0.4 is 15.8 Å². The number of rotatable bonds is 11. The Morgan fingerprint density at radius 2 is 1.78 bits per heavy atom. The quantitative estimate of drug-likeness (QED) is 0.116. The van der Waals surface area contributed by atoms with Crippen molar-refractivity contribution in [3.63, 3.8) is 0 Å². The van der Waals surface area contributed by atoms with Gasteiger partial charge in [0.25, 0.3) is 0 Å². The molecule has 0 aliphatic heterocycles. The maximum Gasteiger partial charge on any atom is 0.237 e. The van der Waals surface area contributed by atoms with E-state index in [2.05, 4.69) is 10.0 Å². The Hall–Kier alpha value is -4.18. The van der Waals surface area contributed by atoms with E-state index in [0.29, 0.717) is 28.5 Å². The highest BCUT2D eigenvalue weighted by molar-refractivity contribution is 7.91. The van der Waals surface area contributed by atoms with E-state index in [-0.39, 0.29) is 41.4 Å². The molecule has 3 rings (SSSR count). The molecule has 1 atom stereocenters. The van der Waals surface area contributed by atoms with Gasteiger partial charge in [-0.25, -0.2) is 8.42 Å². The Bertz CT molecular complexity index is 1370. The molecule has 0 fully saturated rings. The minimum Gasteiger partial charge on any atom is -0.505 e. The van der Waals surface area contributed by atoms with Crippen LogP contribution in [0.3, 0.4) is 0 Å². The van der Waals surface area contributed by atoms with Crippen molar-refractivity contribution in [3.05, 3.63) is 94.5 Å². The minimum atomic E-state index is -3.82. The van der Waals surface area contributed by atoms with Gasteiger partial charge in [0.15, 0.2) is 0 Å². The Balaban J connectivity index is 1.71. The molecule has 6 N–H and O–H groups in total. The third-order valence-electron chi connectivity index (χ3n) is 5.52. The standard InChI is InChI=1S/C26H28N4O5S/c1-17-10-11-23(30-36(34,35)16-18-6-3-2-4-7-18)25(33)22(17)14-24(32)29-21(15-31)13-19-8-5-9-20(12-19)26(27)28/h2-12,15,21,30,33H,13-14,16H2,1H3,(H3,27,28)(H,29,32). The van der Waals surface area contributed by atoms with Crippen LogP contribution in [0.25, 0.3) is 0 Å². The number of anilines is 1. The van der Waals surface area contributed by atoms with Crippen LogP contribution in [-0.4, -0.2) is 37.6 Å². The number of aryl methyl sites for hydroxylation is 1. The number of amidine groups is 1. The molecule has 188 valence electrons. The number of aromatic hydroxyl groups is 1. The normalized spacial score (nSPS) is 11.9. The van der Waals surface area contributed by atoms with Crippen LogP contribution in [0, 0.1) is 12.3 Å². The second-order valence-corrected chi connectivity index (χ2v) is 10.1. The van der Waals surface area contributed by atoms with Crippen LogP contribution in [0.4, 0.5) is 5.69 Å². The minimum absolute atomic E-state index is 0.0349. The maximum absolute atomic E-state index is 12.7. The van der Waals surface area contributed by atoms with Gasteiger partial charge >= 0.3 is 0 Å². The van der Waals surface area contributed by atoms with E-state index in [1.54, 1.807) is 67.6 Å². The topological polar surface area (TPSA) is 162 Å². The molecule has 0 aromatic heterocycles. The van der Waals surface area contributed by atoms with Crippen LogP contribution in [0.2, 0.25) is 0 Å². The monoisotopic (exact) mass is 508 g/mol. The molecule has 0 bridgehead atoms. The molecule has 0 heterocycles. The van der Waals surface area contributed by atoms with E-state index in [0.717, 1.165) is 0 Å². The third kappa shape index (κ3) is 7.16. The Morgan fingerprint density at radius 1 is 1.08 bits per heavy atom. The van der Waals surface area contributed by atoms with Crippen LogP contribution in [0.5, 0.6) is 5.75 Å². The first-order chi connectivity index (χ1) is 17.1. The number of phenolic OH excluding ortho intramolecular Hbond substituents is 1. The molecule has 36 heavy (non-hydrogen) atoms. The Morgan fingerprint density at radius 3 is 2.44 bits per heavy atom. The van der Waals surface area contributed by atoms with E-state index in [1.165, 1.54) is 6.07 Å². The number of phenols is 1. The van der Waals surface area contributed by atoms with E-state index < -0.39 is 22.0 Å². The number of amides is 1. The number of sulfonamides is 1. The summed E-state index contributed by atoms with van der Waals surface area (Å²) >= 11 is 0. The average Bonchev–Trinajstić information content (AvgIpc) is 2.83. The van der Waals surface area contributed by atoms with Crippen LogP contribution in [0.15, 0.2) is 66.7 Å². The largest absolute Gasteiger partial charge is 0.505 e. The van der Waals surface area contributed by atoms with Gasteiger partial charge in [0.1, 0.15) is 17.9 Å². The molecular weight excluding hydrogens is 480 g/mol. The molecule has 3 aromatic carbocycles. The highest BCUT2D eigenvalue weighted by Crippen LogP contribution is 2.32. The zero-order valence-electron chi connectivity index (χ0n) is 19.7. The van der Waals surface area contributed by atoms with Gasteiger partial charge in [-0.3, -0.25) is 14.9 Å². The van der Waals surface area contributed by atoms with Gasteiger partial charge in [0.2, 0.25) is 15.9 Å². The molecule has 1 unspecified atom stereocenters. The first-order valence-corrected chi connectivity index (χ1v) is 12.8. The predicted molar refractivity (Wildman–Crippen MR) is 138 cm³/mol. The highest BCUT2D eigenvalue weighted by atomic mass is 32.2. The fourth-order valence-corrected chi connectivity index (χ4v) is 4.91. The molecular formula is C26H28N4O5S. The van der Waals surface area contributed by atoms with Gasteiger partial charge in [-0.15, -0.1) is 0 Å². The fraction of sp³-hybridized carbons (Fsp3) is 0.192. The van der Waals surface area contributed by atoms with Crippen molar-refractivity contribution in [1.29, 1.82) is 5.41 Å². The van der Waals surface area contributed by atoms with Crippen molar-refractivity contribution in [2.24, 2.45) is 5.73 Å². The molecule has 0 saturated heterocycles. The lowest BCUT2D eigenvalue weighted by Gasteiger charge is -2.17. The van der Waals surface area contributed by atoms with Crippen molar-refractivity contribution in [3.8, 4) is 5.75 Å². The lowest BCUT2D eigenvalue weighted by Crippen LogP contribution is -2.38. The molecule has 0 spiro atoms. The molecule has 0 aliphatic carbocycles. The van der Waals surface area contributed by atoms with Gasteiger partial charge < -0.3 is 21.0 Å². The summed E-state index contributed by atoms with van der Waals surface area (Å²) in [5, 5.41) is 20.9. The second-order valence-electron chi connectivity index (χ2n) is 8.41. The summed E-state index contributed by atoms with van der Waals surface area (Å²) in [7, 11) is -3.82. The Kier molecular flexibility index (Phi) is 8.44. The van der Waals surface area contributed by atoms with Gasteiger partial charge in [0.05, 0.1) is 23.9 Å². The highest BCUT2D eigenvalue weighted by Gasteiger charge is 2.20. The predicted octanol–water partition coefficient (Wildman–Crippen LogP) is 2.40. The fourth-order valence-electron chi connectivity index (χ4n) is 3.71. The van der Waals surface area contributed by atoms with Gasteiger partial charge in [-0.1, -0.05) is 54.6 Å². The Labute approximate surface area is 209 Å². The lowest BCUT2D eigenvalue weighted by molar-refractivity contribution is -0.123. The zero-order chi connectivity index (χ0) is 26.3. The summed E-state index contributed by atoms with van der Waals surface area (Å²) in [5.41, 5.74) is 8.12. The number of nitrogens with two attached hydrogens (primary N) is 1. The third-order valence-corrected chi connectivity index (χ3v) is 6.77. The second kappa shape index (κ2) is 11.5. The van der Waals surface area contributed by atoms with Gasteiger partial charge in [-0.2, -0.15) is 0 Å². The van der Waals surface area contributed by atoms with Crippen molar-refractivity contribution in [2.45, 2.75) is 31.6 Å². The smallest absolute Gasteiger partial charge is 0.237 e. The number of hydrogen-bond acceptors (Lipinski definition) is 6. The van der Waals surface area contributed by atoms with E-state index in [1.807, 2.05) is 0 Å². The lowest BCUT2D eigenvalue weighted by atomic mass is 10.0. The first-order valence-electron chi connectivity index (χ1n) is 11.1. The van der Waals surface area contributed by atoms with Gasteiger partial charge in [-0.05, 0) is 42.2 Å². The summed E-state index contributed by atoms with van der Waals surface area (Å²) in [5.74, 6) is -1.24. The molecule has 3 aromatic rings. The number of benzene rings is 3. The molecule has 0 radical (unpaired) electrons. The zero-order valence-corrected chi connectivity index (χ0v) is 20.5.